The fraction of sp³-hybridized carbons (Fsp3) is 0.292. The zero-order chi connectivity index (χ0) is 25.8. The quantitative estimate of drug-likeness (QED) is 0.293. The van der Waals surface area contributed by atoms with Gasteiger partial charge in [-0.3, -0.25) is 4.79 Å². The highest BCUT2D eigenvalue weighted by molar-refractivity contribution is 7.17. The minimum absolute atomic E-state index is 0.00573. The molecule has 1 spiro atoms. The number of aldehydes is 1. The highest BCUT2D eigenvalue weighted by Crippen LogP contribution is 2.51. The smallest absolute Gasteiger partial charge is 0.349 e. The number of aromatic nitrogens is 4. The SMILES string of the molecule is O=Cc1cnc(N2CC(c3nnc(C(F)(F)c4ccc(Cl)c(Cl)c4)o3)C3(CN(c4ccccn4)C3)C2)s1. The number of carbonyl (C=O) groups excluding carboxylic acids is 1. The largest absolute Gasteiger partial charge is 0.419 e. The van der Waals surface area contributed by atoms with Gasteiger partial charge in [-0.05, 0) is 24.3 Å². The van der Waals surface area contributed by atoms with Crippen LogP contribution in [0.25, 0.3) is 0 Å². The van der Waals surface area contributed by atoms with Crippen molar-refractivity contribution in [2.75, 3.05) is 36.0 Å². The van der Waals surface area contributed by atoms with Gasteiger partial charge in [0.1, 0.15) is 5.82 Å². The van der Waals surface area contributed by atoms with Crippen LogP contribution < -0.4 is 9.80 Å². The van der Waals surface area contributed by atoms with E-state index in [-0.39, 0.29) is 27.3 Å². The lowest BCUT2D eigenvalue weighted by Gasteiger charge is -2.50. The molecular weight excluding hydrogens is 545 g/mol. The second kappa shape index (κ2) is 9.00. The van der Waals surface area contributed by atoms with E-state index in [1.807, 2.05) is 23.1 Å². The molecule has 2 aliphatic rings. The van der Waals surface area contributed by atoms with Crippen LogP contribution in [0, 0.1) is 5.41 Å². The minimum Gasteiger partial charge on any atom is -0.419 e. The first-order valence-electron chi connectivity index (χ1n) is 11.3. The summed E-state index contributed by atoms with van der Waals surface area (Å²) in [7, 11) is 0. The maximum atomic E-state index is 15.3. The Hall–Kier alpha value is -3.15. The molecule has 1 unspecified atom stereocenters. The molecule has 0 N–H and O–H groups in total. The number of nitrogens with zero attached hydrogens (tertiary/aromatic N) is 6. The van der Waals surface area contributed by atoms with Gasteiger partial charge in [-0.15, -0.1) is 10.2 Å². The fourth-order valence-corrected chi connectivity index (χ4v) is 6.02. The first kappa shape index (κ1) is 24.2. The zero-order valence-corrected chi connectivity index (χ0v) is 21.4. The minimum atomic E-state index is -3.56. The van der Waals surface area contributed by atoms with E-state index in [0.29, 0.717) is 36.2 Å². The van der Waals surface area contributed by atoms with Gasteiger partial charge in [0.05, 0.1) is 27.0 Å². The summed E-state index contributed by atoms with van der Waals surface area (Å²) in [6.07, 6.45) is 4.01. The topological polar surface area (TPSA) is 88.2 Å². The van der Waals surface area contributed by atoms with Gasteiger partial charge in [0, 0.05) is 43.4 Å². The second-order valence-electron chi connectivity index (χ2n) is 9.15. The highest BCUT2D eigenvalue weighted by Gasteiger charge is 2.58. The predicted octanol–water partition coefficient (Wildman–Crippen LogP) is 5.29. The zero-order valence-electron chi connectivity index (χ0n) is 19.0. The summed E-state index contributed by atoms with van der Waals surface area (Å²) >= 11 is 13.1. The van der Waals surface area contributed by atoms with Crippen molar-refractivity contribution in [3.05, 3.63) is 81.1 Å². The molecule has 13 heteroatoms. The molecule has 2 saturated heterocycles. The number of benzene rings is 1. The molecule has 0 radical (unpaired) electrons. The molecule has 4 aromatic rings. The van der Waals surface area contributed by atoms with Gasteiger partial charge in [-0.2, -0.15) is 8.78 Å². The van der Waals surface area contributed by atoms with Gasteiger partial charge in [0.15, 0.2) is 11.4 Å². The van der Waals surface area contributed by atoms with Gasteiger partial charge in [0.2, 0.25) is 5.89 Å². The van der Waals surface area contributed by atoms with Crippen molar-refractivity contribution >= 4 is 51.8 Å². The average Bonchev–Trinajstić information content (AvgIpc) is 3.63. The normalized spacial score (nSPS) is 18.9. The lowest BCUT2D eigenvalue weighted by Crippen LogP contribution is -2.60. The number of halogens is 4. The number of rotatable bonds is 6. The van der Waals surface area contributed by atoms with Gasteiger partial charge >= 0.3 is 5.92 Å². The highest BCUT2D eigenvalue weighted by atomic mass is 35.5. The Balaban J connectivity index is 1.31. The van der Waals surface area contributed by atoms with Crippen LogP contribution in [0.15, 0.2) is 53.2 Å². The molecule has 190 valence electrons. The van der Waals surface area contributed by atoms with Crippen molar-refractivity contribution < 1.29 is 18.0 Å². The summed E-state index contributed by atoms with van der Waals surface area (Å²) in [4.78, 5) is 24.7. The van der Waals surface area contributed by atoms with Gasteiger partial charge in [-0.1, -0.05) is 46.7 Å². The summed E-state index contributed by atoms with van der Waals surface area (Å²) in [6, 6.07) is 9.26. The number of hydrogen-bond donors (Lipinski definition) is 0. The summed E-state index contributed by atoms with van der Waals surface area (Å²) in [6.45, 7) is 2.27. The maximum Gasteiger partial charge on any atom is 0.349 e. The lowest BCUT2D eigenvalue weighted by atomic mass is 9.71. The summed E-state index contributed by atoms with van der Waals surface area (Å²) in [5, 5.41) is 8.65. The molecule has 37 heavy (non-hydrogen) atoms. The van der Waals surface area contributed by atoms with Crippen LogP contribution in [-0.2, 0) is 5.92 Å². The van der Waals surface area contributed by atoms with E-state index in [2.05, 4.69) is 25.1 Å². The van der Waals surface area contributed by atoms with Crippen LogP contribution >= 0.6 is 34.5 Å². The van der Waals surface area contributed by atoms with E-state index < -0.39 is 17.4 Å². The third kappa shape index (κ3) is 4.14. The van der Waals surface area contributed by atoms with Crippen LogP contribution in [0.4, 0.5) is 19.7 Å². The van der Waals surface area contributed by atoms with E-state index in [1.165, 1.54) is 29.7 Å². The van der Waals surface area contributed by atoms with E-state index in [9.17, 15) is 4.79 Å². The van der Waals surface area contributed by atoms with Gasteiger partial charge < -0.3 is 14.2 Å². The summed E-state index contributed by atoms with van der Waals surface area (Å²) in [5.41, 5.74) is -0.748. The number of pyridine rings is 1. The number of hydrogen-bond acceptors (Lipinski definition) is 9. The Morgan fingerprint density at radius 2 is 1.89 bits per heavy atom. The molecule has 2 fully saturated rings. The number of alkyl halides is 2. The molecule has 1 atom stereocenters. The Morgan fingerprint density at radius 1 is 1.08 bits per heavy atom. The van der Waals surface area contributed by atoms with Crippen LogP contribution in [0.5, 0.6) is 0 Å². The lowest BCUT2D eigenvalue weighted by molar-refractivity contribution is 0.0108. The van der Waals surface area contributed by atoms with Crippen LogP contribution in [0.3, 0.4) is 0 Å². The van der Waals surface area contributed by atoms with Crippen molar-refractivity contribution in [1.29, 1.82) is 0 Å². The van der Waals surface area contributed by atoms with E-state index in [1.54, 1.807) is 6.20 Å². The second-order valence-corrected chi connectivity index (χ2v) is 11.0. The average molecular weight is 563 g/mol. The third-order valence-corrected chi connectivity index (χ3v) is 8.54. The molecule has 0 saturated carbocycles. The first-order valence-corrected chi connectivity index (χ1v) is 12.9. The fourth-order valence-electron chi connectivity index (χ4n) is 4.99. The molecule has 0 aliphatic carbocycles. The number of thiazole rings is 1. The molecule has 8 nitrogen and oxygen atoms in total. The van der Waals surface area contributed by atoms with Crippen molar-refractivity contribution in [2.45, 2.75) is 11.8 Å². The van der Waals surface area contributed by atoms with Crippen LogP contribution in [0.1, 0.15) is 32.9 Å². The molecule has 6 rings (SSSR count). The van der Waals surface area contributed by atoms with E-state index in [4.69, 9.17) is 27.6 Å². The summed E-state index contributed by atoms with van der Waals surface area (Å²) in [5.74, 6) is -3.74. The third-order valence-electron chi connectivity index (χ3n) is 6.82. The summed E-state index contributed by atoms with van der Waals surface area (Å²) < 4.78 is 36.2. The molecule has 0 amide bonds. The van der Waals surface area contributed by atoms with Crippen molar-refractivity contribution in [1.82, 2.24) is 20.2 Å². The first-order chi connectivity index (χ1) is 17.8. The van der Waals surface area contributed by atoms with Crippen molar-refractivity contribution in [3.63, 3.8) is 0 Å². The van der Waals surface area contributed by atoms with E-state index in [0.717, 1.165) is 18.2 Å². The molecule has 0 bridgehead atoms. The van der Waals surface area contributed by atoms with E-state index >= 15 is 8.78 Å². The van der Waals surface area contributed by atoms with Crippen molar-refractivity contribution in [2.24, 2.45) is 5.41 Å². The maximum absolute atomic E-state index is 15.3. The van der Waals surface area contributed by atoms with Gasteiger partial charge in [0.25, 0.3) is 5.89 Å². The Kier molecular flexibility index (Phi) is 5.89. The van der Waals surface area contributed by atoms with Crippen molar-refractivity contribution in [3.8, 4) is 0 Å². The molecular formula is C24H18Cl2F2N6O2S. The molecule has 1 aromatic carbocycles. The van der Waals surface area contributed by atoms with Gasteiger partial charge in [-0.25, -0.2) is 9.97 Å². The van der Waals surface area contributed by atoms with Crippen LogP contribution in [0.2, 0.25) is 10.0 Å². The molecule has 5 heterocycles. The monoisotopic (exact) mass is 562 g/mol. The Labute approximate surface area is 223 Å². The Morgan fingerprint density at radius 3 is 2.59 bits per heavy atom. The number of carbonyl (C=O) groups is 1. The molecule has 2 aliphatic heterocycles. The van der Waals surface area contributed by atoms with Crippen LogP contribution in [-0.4, -0.2) is 52.6 Å². The Bertz CT molecular complexity index is 1460. The molecule has 3 aromatic heterocycles. The predicted molar refractivity (Wildman–Crippen MR) is 135 cm³/mol. The number of anilines is 2. The standard InChI is InChI=1S/C24H18Cl2F2N6O2S/c25-17-5-4-14(7-18(17)26)24(27,28)21-32-31-20(36-21)16-9-33(22-30-8-15(10-35)37-22)11-23(16)12-34(13-23)19-3-1-2-6-29-19/h1-8,10,16H,9,11-13H2.